The van der Waals surface area contributed by atoms with Crippen molar-refractivity contribution in [3.63, 3.8) is 0 Å². The number of carbonyl (C=O) groups is 1. The summed E-state index contributed by atoms with van der Waals surface area (Å²) in [5.41, 5.74) is 2.18. The standard InChI is InChI=1S/C17H23NO3/c1-17(2)9-4-10-18(17)12-14-11-13(6-8-16(19)20)5-7-15(14)21-3/h5-8,11H,4,9-10,12H2,1-3H3,(H,19,20). The van der Waals surface area contributed by atoms with Crippen molar-refractivity contribution >= 4 is 12.0 Å². The summed E-state index contributed by atoms with van der Waals surface area (Å²) in [6, 6.07) is 5.78. The number of benzene rings is 1. The van der Waals surface area contributed by atoms with Crippen molar-refractivity contribution in [1.82, 2.24) is 4.90 Å². The lowest BCUT2D eigenvalue weighted by Crippen LogP contribution is -2.37. The molecule has 21 heavy (non-hydrogen) atoms. The van der Waals surface area contributed by atoms with Crippen molar-refractivity contribution in [1.29, 1.82) is 0 Å². The molecule has 1 aliphatic rings. The Morgan fingerprint density at radius 3 is 2.81 bits per heavy atom. The summed E-state index contributed by atoms with van der Waals surface area (Å²) >= 11 is 0. The van der Waals surface area contributed by atoms with Crippen LogP contribution in [0.5, 0.6) is 5.75 Å². The average Bonchev–Trinajstić information content (AvgIpc) is 2.76. The van der Waals surface area contributed by atoms with E-state index in [1.54, 1.807) is 13.2 Å². The topological polar surface area (TPSA) is 49.8 Å². The van der Waals surface area contributed by atoms with Crippen LogP contribution in [0.4, 0.5) is 0 Å². The quantitative estimate of drug-likeness (QED) is 0.846. The second kappa shape index (κ2) is 6.31. The van der Waals surface area contributed by atoms with E-state index in [0.29, 0.717) is 0 Å². The lowest BCUT2D eigenvalue weighted by molar-refractivity contribution is -0.131. The monoisotopic (exact) mass is 289 g/mol. The Bertz CT molecular complexity index is 549. The van der Waals surface area contributed by atoms with E-state index in [4.69, 9.17) is 9.84 Å². The fourth-order valence-corrected chi connectivity index (χ4v) is 2.86. The molecular formula is C17H23NO3. The largest absolute Gasteiger partial charge is 0.496 e. The van der Waals surface area contributed by atoms with Crippen LogP contribution in [-0.2, 0) is 11.3 Å². The van der Waals surface area contributed by atoms with E-state index in [-0.39, 0.29) is 5.54 Å². The molecule has 1 fully saturated rings. The number of carboxylic acids is 1. The van der Waals surface area contributed by atoms with Crippen molar-refractivity contribution in [2.45, 2.75) is 38.8 Å². The van der Waals surface area contributed by atoms with E-state index in [2.05, 4.69) is 18.7 Å². The van der Waals surface area contributed by atoms with Gasteiger partial charge in [-0.15, -0.1) is 0 Å². The summed E-state index contributed by atoms with van der Waals surface area (Å²) in [5.74, 6) is -0.0850. The van der Waals surface area contributed by atoms with Crippen LogP contribution in [0.15, 0.2) is 24.3 Å². The number of aliphatic carboxylic acids is 1. The number of nitrogens with zero attached hydrogens (tertiary/aromatic N) is 1. The van der Waals surface area contributed by atoms with Crippen molar-refractivity contribution < 1.29 is 14.6 Å². The molecule has 4 heteroatoms. The van der Waals surface area contributed by atoms with Crippen LogP contribution in [0.1, 0.15) is 37.8 Å². The maximum atomic E-state index is 10.6. The van der Waals surface area contributed by atoms with Crippen LogP contribution in [0.3, 0.4) is 0 Å². The minimum absolute atomic E-state index is 0.206. The summed E-state index contributed by atoms with van der Waals surface area (Å²) < 4.78 is 5.44. The Kier molecular flexibility index (Phi) is 4.68. The van der Waals surface area contributed by atoms with Gasteiger partial charge < -0.3 is 9.84 Å². The second-order valence-electron chi connectivity index (χ2n) is 6.08. The molecule has 1 aromatic carbocycles. The third kappa shape index (κ3) is 3.85. The van der Waals surface area contributed by atoms with Crippen LogP contribution < -0.4 is 4.74 Å². The summed E-state index contributed by atoms with van der Waals surface area (Å²) in [6.07, 6.45) is 5.19. The fraction of sp³-hybridized carbons (Fsp3) is 0.471. The summed E-state index contributed by atoms with van der Waals surface area (Å²) in [4.78, 5) is 13.1. The van der Waals surface area contributed by atoms with Crippen LogP contribution in [-0.4, -0.2) is 35.2 Å². The predicted octanol–water partition coefficient (Wildman–Crippen LogP) is 3.17. The van der Waals surface area contributed by atoms with E-state index in [1.807, 2.05) is 18.2 Å². The van der Waals surface area contributed by atoms with Gasteiger partial charge in [-0.05, 0) is 57.0 Å². The predicted molar refractivity (Wildman–Crippen MR) is 83.4 cm³/mol. The molecule has 1 saturated heterocycles. The number of ether oxygens (including phenoxy) is 1. The highest BCUT2D eigenvalue weighted by Crippen LogP contribution is 2.32. The Labute approximate surface area is 126 Å². The van der Waals surface area contributed by atoms with Gasteiger partial charge in [0, 0.05) is 23.7 Å². The summed E-state index contributed by atoms with van der Waals surface area (Å²) in [6.45, 7) is 6.44. The van der Waals surface area contributed by atoms with Gasteiger partial charge in [-0.25, -0.2) is 4.79 Å². The molecule has 0 spiro atoms. The third-order valence-electron chi connectivity index (χ3n) is 4.16. The Hall–Kier alpha value is -1.81. The number of likely N-dealkylation sites (tertiary alicyclic amines) is 1. The van der Waals surface area contributed by atoms with Gasteiger partial charge in [0.05, 0.1) is 7.11 Å². The van der Waals surface area contributed by atoms with Crippen LogP contribution >= 0.6 is 0 Å². The zero-order valence-electron chi connectivity index (χ0n) is 12.9. The average molecular weight is 289 g/mol. The highest BCUT2D eigenvalue weighted by Gasteiger charge is 2.32. The second-order valence-corrected chi connectivity index (χ2v) is 6.08. The van der Waals surface area contributed by atoms with Gasteiger partial charge >= 0.3 is 5.97 Å². The Balaban J connectivity index is 2.24. The molecule has 1 aliphatic heterocycles. The van der Waals surface area contributed by atoms with Gasteiger partial charge in [-0.3, -0.25) is 4.90 Å². The van der Waals surface area contributed by atoms with Gasteiger partial charge in [-0.1, -0.05) is 6.07 Å². The minimum Gasteiger partial charge on any atom is -0.496 e. The number of hydrogen-bond donors (Lipinski definition) is 1. The maximum Gasteiger partial charge on any atom is 0.328 e. The highest BCUT2D eigenvalue weighted by molar-refractivity contribution is 5.85. The maximum absolute atomic E-state index is 10.6. The molecule has 0 unspecified atom stereocenters. The molecule has 0 radical (unpaired) electrons. The van der Waals surface area contributed by atoms with E-state index in [1.165, 1.54) is 12.8 Å². The number of carboxylic acid groups (broad SMARTS) is 1. The molecule has 0 amide bonds. The van der Waals surface area contributed by atoms with Crippen LogP contribution in [0, 0.1) is 0 Å². The highest BCUT2D eigenvalue weighted by atomic mass is 16.5. The van der Waals surface area contributed by atoms with Gasteiger partial charge in [0.25, 0.3) is 0 Å². The van der Waals surface area contributed by atoms with E-state index in [0.717, 1.165) is 36.0 Å². The molecule has 0 aliphatic carbocycles. The van der Waals surface area contributed by atoms with Gasteiger partial charge in [0.15, 0.2) is 0 Å². The van der Waals surface area contributed by atoms with E-state index < -0.39 is 5.97 Å². The van der Waals surface area contributed by atoms with E-state index >= 15 is 0 Å². The molecule has 2 rings (SSSR count). The van der Waals surface area contributed by atoms with Crippen molar-refractivity contribution in [2.75, 3.05) is 13.7 Å². The molecule has 1 N–H and O–H groups in total. The van der Waals surface area contributed by atoms with Gasteiger partial charge in [0.1, 0.15) is 5.75 Å². The normalized spacial score (nSPS) is 18.2. The fourth-order valence-electron chi connectivity index (χ4n) is 2.86. The molecule has 0 atom stereocenters. The van der Waals surface area contributed by atoms with E-state index in [9.17, 15) is 4.79 Å². The molecule has 0 aromatic heterocycles. The number of methoxy groups -OCH3 is 1. The lowest BCUT2D eigenvalue weighted by Gasteiger charge is -2.32. The van der Waals surface area contributed by atoms with Crippen molar-refractivity contribution in [3.05, 3.63) is 35.4 Å². The molecule has 4 nitrogen and oxygen atoms in total. The molecule has 1 aromatic rings. The molecule has 0 bridgehead atoms. The van der Waals surface area contributed by atoms with Gasteiger partial charge in [-0.2, -0.15) is 0 Å². The lowest BCUT2D eigenvalue weighted by atomic mass is 10.0. The first-order valence-electron chi connectivity index (χ1n) is 7.25. The van der Waals surface area contributed by atoms with Crippen molar-refractivity contribution in [3.8, 4) is 5.75 Å². The Morgan fingerprint density at radius 2 is 2.24 bits per heavy atom. The summed E-state index contributed by atoms with van der Waals surface area (Å²) in [7, 11) is 1.67. The molecule has 0 saturated carbocycles. The number of hydrogen-bond acceptors (Lipinski definition) is 3. The van der Waals surface area contributed by atoms with Crippen LogP contribution in [0.2, 0.25) is 0 Å². The molecule has 1 heterocycles. The first-order chi connectivity index (χ1) is 9.92. The van der Waals surface area contributed by atoms with Gasteiger partial charge in [0.2, 0.25) is 0 Å². The smallest absolute Gasteiger partial charge is 0.328 e. The SMILES string of the molecule is COc1ccc(C=CC(=O)O)cc1CN1CCCC1(C)C. The zero-order valence-corrected chi connectivity index (χ0v) is 12.9. The third-order valence-corrected chi connectivity index (χ3v) is 4.16. The van der Waals surface area contributed by atoms with Crippen LogP contribution in [0.25, 0.3) is 6.08 Å². The Morgan fingerprint density at radius 1 is 1.48 bits per heavy atom. The molecule has 114 valence electrons. The van der Waals surface area contributed by atoms with Crippen molar-refractivity contribution in [2.24, 2.45) is 0 Å². The first-order valence-corrected chi connectivity index (χ1v) is 7.25. The molecular weight excluding hydrogens is 266 g/mol. The first kappa shape index (κ1) is 15.6. The summed E-state index contributed by atoms with van der Waals surface area (Å²) in [5, 5.41) is 8.72. The zero-order chi connectivity index (χ0) is 15.5. The number of rotatable bonds is 5. The minimum atomic E-state index is -0.937.